The third-order valence-electron chi connectivity index (χ3n) is 4.85. The van der Waals surface area contributed by atoms with Crippen molar-refractivity contribution in [1.29, 1.82) is 0 Å². The van der Waals surface area contributed by atoms with E-state index in [-0.39, 0.29) is 4.90 Å². The van der Waals surface area contributed by atoms with Gasteiger partial charge in [-0.25, -0.2) is 23.1 Å². The Morgan fingerprint density at radius 1 is 0.800 bits per heavy atom. The third kappa shape index (κ3) is 5.82. The van der Waals surface area contributed by atoms with Crippen molar-refractivity contribution in [3.05, 3.63) is 102 Å². The predicted octanol–water partition coefficient (Wildman–Crippen LogP) is 5.22. The van der Waals surface area contributed by atoms with E-state index in [1.165, 1.54) is 24.3 Å². The topological polar surface area (TPSA) is 101 Å². The van der Waals surface area contributed by atoms with Crippen LogP contribution in [0, 0.1) is 0 Å². The van der Waals surface area contributed by atoms with Crippen LogP contribution in [0.4, 0.5) is 24.8 Å². The Morgan fingerprint density at radius 3 is 2.06 bits per heavy atom. The minimum atomic E-state index is -4.75. The first-order valence-electron chi connectivity index (χ1n) is 10.1. The number of nitrogens with zero attached hydrogens (tertiary/aromatic N) is 2. The van der Waals surface area contributed by atoms with Gasteiger partial charge < -0.3 is 5.32 Å². The Kier molecular flexibility index (Phi) is 6.52. The average molecular weight is 498 g/mol. The third-order valence-corrected chi connectivity index (χ3v) is 6.19. The Hall–Kier alpha value is -4.25. The first kappa shape index (κ1) is 23.9. The van der Waals surface area contributed by atoms with E-state index in [4.69, 9.17) is 0 Å². The normalized spacial score (nSPS) is 11.6. The number of sulfonamides is 1. The van der Waals surface area contributed by atoms with Crippen molar-refractivity contribution in [2.45, 2.75) is 11.1 Å². The van der Waals surface area contributed by atoms with Gasteiger partial charge in [0, 0.05) is 17.4 Å². The van der Waals surface area contributed by atoms with E-state index in [1.54, 1.807) is 12.1 Å². The van der Waals surface area contributed by atoms with Crippen molar-refractivity contribution in [3.63, 3.8) is 0 Å². The molecule has 1 amide bonds. The monoisotopic (exact) mass is 498 g/mol. The van der Waals surface area contributed by atoms with Crippen LogP contribution in [0.3, 0.4) is 0 Å². The number of carbonyl (C=O) groups is 1. The molecule has 0 saturated heterocycles. The highest BCUT2D eigenvalue weighted by atomic mass is 32.2. The molecule has 0 aliphatic carbocycles. The van der Waals surface area contributed by atoms with Gasteiger partial charge in [0.25, 0.3) is 15.9 Å². The summed E-state index contributed by atoms with van der Waals surface area (Å²) in [7, 11) is -4.26. The SMILES string of the molecule is O=C(Nc1ccc(S(=O)(=O)Nc2nccc(C(F)(F)F)n2)cc1)c1ccc(-c2ccccc2)cc1. The molecule has 0 fully saturated rings. The number of aromatic nitrogens is 2. The van der Waals surface area contributed by atoms with E-state index in [0.29, 0.717) is 17.3 Å². The van der Waals surface area contributed by atoms with Crippen LogP contribution >= 0.6 is 0 Å². The second-order valence-electron chi connectivity index (χ2n) is 7.29. The number of anilines is 2. The summed E-state index contributed by atoms with van der Waals surface area (Å²) in [6.07, 6.45) is -3.94. The van der Waals surface area contributed by atoms with Crippen LogP contribution in [-0.2, 0) is 16.2 Å². The van der Waals surface area contributed by atoms with Crippen LogP contribution in [0.5, 0.6) is 0 Å². The molecule has 7 nitrogen and oxygen atoms in total. The highest BCUT2D eigenvalue weighted by molar-refractivity contribution is 7.92. The van der Waals surface area contributed by atoms with Gasteiger partial charge in [-0.15, -0.1) is 0 Å². The molecule has 178 valence electrons. The zero-order chi connectivity index (χ0) is 25.1. The van der Waals surface area contributed by atoms with Crippen LogP contribution in [0.15, 0.2) is 96.0 Å². The number of amides is 1. The molecule has 0 bridgehead atoms. The van der Waals surface area contributed by atoms with E-state index in [9.17, 15) is 26.4 Å². The van der Waals surface area contributed by atoms with Gasteiger partial charge in [-0.1, -0.05) is 42.5 Å². The minimum Gasteiger partial charge on any atom is -0.322 e. The first-order valence-corrected chi connectivity index (χ1v) is 11.6. The van der Waals surface area contributed by atoms with E-state index < -0.39 is 33.7 Å². The average Bonchev–Trinajstić information content (AvgIpc) is 2.84. The summed E-state index contributed by atoms with van der Waals surface area (Å²) in [5.41, 5.74) is 1.43. The number of halogens is 3. The fraction of sp³-hybridized carbons (Fsp3) is 0.0417. The molecule has 4 aromatic rings. The van der Waals surface area contributed by atoms with Gasteiger partial charge in [0.05, 0.1) is 4.90 Å². The molecule has 0 unspecified atom stereocenters. The number of rotatable bonds is 6. The van der Waals surface area contributed by atoms with Gasteiger partial charge >= 0.3 is 6.18 Å². The second kappa shape index (κ2) is 9.55. The Balaban J connectivity index is 1.43. The van der Waals surface area contributed by atoms with Gasteiger partial charge in [0.1, 0.15) is 5.69 Å². The molecule has 0 radical (unpaired) electrons. The molecular weight excluding hydrogens is 481 g/mol. The van der Waals surface area contributed by atoms with Crippen LogP contribution in [0.2, 0.25) is 0 Å². The van der Waals surface area contributed by atoms with E-state index in [2.05, 4.69) is 15.3 Å². The maximum atomic E-state index is 12.8. The van der Waals surface area contributed by atoms with Crippen molar-refractivity contribution in [3.8, 4) is 11.1 Å². The fourth-order valence-corrected chi connectivity index (χ4v) is 4.06. The molecule has 0 atom stereocenters. The van der Waals surface area contributed by atoms with E-state index >= 15 is 0 Å². The van der Waals surface area contributed by atoms with Crippen molar-refractivity contribution in [2.24, 2.45) is 0 Å². The summed E-state index contributed by atoms with van der Waals surface area (Å²) < 4.78 is 65.3. The summed E-state index contributed by atoms with van der Waals surface area (Å²) in [5, 5.41) is 2.67. The molecule has 0 saturated carbocycles. The Bertz CT molecular complexity index is 1440. The maximum absolute atomic E-state index is 12.8. The molecule has 0 spiro atoms. The lowest BCUT2D eigenvalue weighted by atomic mass is 10.0. The summed E-state index contributed by atoms with van der Waals surface area (Å²) in [4.78, 5) is 19.0. The fourth-order valence-electron chi connectivity index (χ4n) is 3.11. The Morgan fingerprint density at radius 2 is 1.43 bits per heavy atom. The maximum Gasteiger partial charge on any atom is 0.433 e. The zero-order valence-corrected chi connectivity index (χ0v) is 18.6. The lowest BCUT2D eigenvalue weighted by Gasteiger charge is -2.10. The molecule has 4 rings (SSSR count). The van der Waals surface area contributed by atoms with Crippen molar-refractivity contribution in [2.75, 3.05) is 10.0 Å². The number of carbonyl (C=O) groups excluding carboxylic acids is 1. The summed E-state index contributed by atoms with van der Waals surface area (Å²) in [6.45, 7) is 0. The largest absolute Gasteiger partial charge is 0.433 e. The van der Waals surface area contributed by atoms with Gasteiger partial charge in [0.2, 0.25) is 5.95 Å². The van der Waals surface area contributed by atoms with E-state index in [1.807, 2.05) is 47.2 Å². The van der Waals surface area contributed by atoms with Crippen LogP contribution in [0.25, 0.3) is 11.1 Å². The van der Waals surface area contributed by atoms with Crippen molar-refractivity contribution < 1.29 is 26.4 Å². The predicted molar refractivity (Wildman–Crippen MR) is 124 cm³/mol. The number of alkyl halides is 3. The van der Waals surface area contributed by atoms with Crippen molar-refractivity contribution in [1.82, 2.24) is 9.97 Å². The summed E-state index contributed by atoms with van der Waals surface area (Å²) in [6, 6.07) is 22.4. The molecule has 1 heterocycles. The lowest BCUT2D eigenvalue weighted by Crippen LogP contribution is -2.17. The van der Waals surface area contributed by atoms with Gasteiger partial charge in [-0.2, -0.15) is 13.2 Å². The molecular formula is C24H17F3N4O3S. The summed E-state index contributed by atoms with van der Waals surface area (Å²) >= 11 is 0. The smallest absolute Gasteiger partial charge is 0.322 e. The van der Waals surface area contributed by atoms with E-state index in [0.717, 1.165) is 17.3 Å². The Labute approximate surface area is 198 Å². The molecule has 35 heavy (non-hydrogen) atoms. The standard InChI is InChI=1S/C24H17F3N4O3S/c25-24(26,27)21-14-15-28-23(30-21)31-35(33,34)20-12-10-19(11-13-20)29-22(32)18-8-6-17(7-9-18)16-4-2-1-3-5-16/h1-15H,(H,29,32)(H,28,30,31). The highest BCUT2D eigenvalue weighted by Gasteiger charge is 2.33. The van der Waals surface area contributed by atoms with Crippen LogP contribution < -0.4 is 10.0 Å². The summed E-state index contributed by atoms with van der Waals surface area (Å²) in [5.74, 6) is -1.10. The second-order valence-corrected chi connectivity index (χ2v) is 8.97. The number of benzene rings is 3. The molecule has 11 heteroatoms. The molecule has 0 aliphatic rings. The quantitative estimate of drug-likeness (QED) is 0.380. The van der Waals surface area contributed by atoms with Crippen molar-refractivity contribution >= 4 is 27.6 Å². The lowest BCUT2D eigenvalue weighted by molar-refractivity contribution is -0.141. The number of hydrogen-bond acceptors (Lipinski definition) is 5. The molecule has 2 N–H and O–H groups in total. The first-order chi connectivity index (χ1) is 16.6. The number of nitrogens with one attached hydrogen (secondary N) is 2. The zero-order valence-electron chi connectivity index (χ0n) is 17.8. The van der Waals surface area contributed by atoms with Gasteiger partial charge in [-0.05, 0) is 53.6 Å². The van der Waals surface area contributed by atoms with Gasteiger partial charge in [0.15, 0.2) is 0 Å². The van der Waals surface area contributed by atoms with Gasteiger partial charge in [-0.3, -0.25) is 4.79 Å². The minimum absolute atomic E-state index is 0.247. The molecule has 3 aromatic carbocycles. The molecule has 1 aromatic heterocycles. The van der Waals surface area contributed by atoms with Crippen LogP contribution in [0.1, 0.15) is 16.1 Å². The van der Waals surface area contributed by atoms with Crippen LogP contribution in [-0.4, -0.2) is 24.3 Å². The highest BCUT2D eigenvalue weighted by Crippen LogP contribution is 2.28. The molecule has 0 aliphatic heterocycles. The number of hydrogen-bond donors (Lipinski definition) is 2.